The molecule has 0 aliphatic rings. The minimum absolute atomic E-state index is 0.00428. The van der Waals surface area contributed by atoms with Gasteiger partial charge in [0.05, 0.1) is 6.54 Å². The summed E-state index contributed by atoms with van der Waals surface area (Å²) in [6.07, 6.45) is 1.68. The molecule has 0 fully saturated rings. The number of hydrogen-bond donors (Lipinski definition) is 2. The van der Waals surface area contributed by atoms with Gasteiger partial charge in [0.25, 0.3) is 0 Å². The summed E-state index contributed by atoms with van der Waals surface area (Å²) in [6.45, 7) is 4.44. The highest BCUT2D eigenvalue weighted by atomic mass is 16.5. The van der Waals surface area contributed by atoms with Crippen LogP contribution in [0.15, 0.2) is 36.9 Å². The highest BCUT2D eigenvalue weighted by Crippen LogP contribution is 2.17. The van der Waals surface area contributed by atoms with E-state index in [9.17, 15) is 4.79 Å². The summed E-state index contributed by atoms with van der Waals surface area (Å²) in [5.74, 6) is 0.568. The van der Waals surface area contributed by atoms with E-state index in [1.54, 1.807) is 6.08 Å². The van der Waals surface area contributed by atoms with Crippen LogP contribution in [-0.4, -0.2) is 19.1 Å². The Morgan fingerprint density at radius 1 is 1.50 bits per heavy atom. The normalized spacial score (nSPS) is 9.56. The van der Waals surface area contributed by atoms with Crippen LogP contribution in [0.1, 0.15) is 5.56 Å². The third-order valence-electron chi connectivity index (χ3n) is 1.99. The lowest BCUT2D eigenvalue weighted by molar-refractivity contribution is -0.119. The van der Waals surface area contributed by atoms with Crippen LogP contribution in [0.4, 0.5) is 0 Å². The summed E-state index contributed by atoms with van der Waals surface area (Å²) in [7, 11) is 0. The van der Waals surface area contributed by atoms with Crippen molar-refractivity contribution in [1.29, 1.82) is 0 Å². The maximum Gasteiger partial charge on any atom is 0.234 e. The van der Waals surface area contributed by atoms with Crippen molar-refractivity contribution in [3.63, 3.8) is 0 Å². The zero-order chi connectivity index (χ0) is 11.8. The van der Waals surface area contributed by atoms with Gasteiger partial charge in [-0.1, -0.05) is 30.9 Å². The van der Waals surface area contributed by atoms with E-state index in [0.29, 0.717) is 13.2 Å². The number of nitrogens with one attached hydrogen (secondary N) is 1. The summed E-state index contributed by atoms with van der Waals surface area (Å²) in [4.78, 5) is 11.0. The molecule has 0 aliphatic heterocycles. The number of rotatable bonds is 6. The number of amides is 1. The molecule has 86 valence electrons. The number of carbonyl (C=O) groups excluding carboxylic acids is 1. The number of hydrogen-bond acceptors (Lipinski definition) is 3. The monoisotopic (exact) mass is 220 g/mol. The second-order valence-electron chi connectivity index (χ2n) is 3.19. The zero-order valence-electron chi connectivity index (χ0n) is 9.11. The molecular weight excluding hydrogens is 204 g/mol. The Morgan fingerprint density at radius 2 is 2.25 bits per heavy atom. The van der Waals surface area contributed by atoms with Gasteiger partial charge in [0.1, 0.15) is 12.4 Å². The Balaban J connectivity index is 2.63. The van der Waals surface area contributed by atoms with Crippen LogP contribution < -0.4 is 15.8 Å². The molecule has 0 heterocycles. The van der Waals surface area contributed by atoms with Crippen LogP contribution in [0.2, 0.25) is 0 Å². The third-order valence-corrected chi connectivity index (χ3v) is 1.99. The van der Waals surface area contributed by atoms with Crippen molar-refractivity contribution < 1.29 is 9.53 Å². The van der Waals surface area contributed by atoms with E-state index in [0.717, 1.165) is 11.3 Å². The van der Waals surface area contributed by atoms with Crippen LogP contribution in [-0.2, 0) is 11.3 Å². The van der Waals surface area contributed by atoms with Crippen molar-refractivity contribution in [2.24, 2.45) is 5.73 Å². The van der Waals surface area contributed by atoms with Gasteiger partial charge in [-0.25, -0.2) is 0 Å². The Bertz CT molecular complexity index is 364. The lowest BCUT2D eigenvalue weighted by Gasteiger charge is -2.10. The van der Waals surface area contributed by atoms with E-state index in [1.165, 1.54) is 0 Å². The van der Waals surface area contributed by atoms with E-state index >= 15 is 0 Å². The number of benzene rings is 1. The van der Waals surface area contributed by atoms with Crippen LogP contribution in [0.5, 0.6) is 5.75 Å². The standard InChI is InChI=1S/C12H16N2O2/c1-2-7-16-11-6-4-3-5-10(11)9-14-12(15)8-13/h2-6H,1,7-9,13H2,(H,14,15). The highest BCUT2D eigenvalue weighted by Gasteiger charge is 2.03. The first-order valence-corrected chi connectivity index (χ1v) is 5.06. The molecule has 0 radical (unpaired) electrons. The zero-order valence-corrected chi connectivity index (χ0v) is 9.11. The van der Waals surface area contributed by atoms with Crippen molar-refractivity contribution >= 4 is 5.91 Å². The molecule has 0 spiro atoms. The Hall–Kier alpha value is -1.81. The van der Waals surface area contributed by atoms with Gasteiger partial charge in [-0.2, -0.15) is 0 Å². The summed E-state index contributed by atoms with van der Waals surface area (Å²) in [5.41, 5.74) is 6.12. The van der Waals surface area contributed by atoms with Crippen molar-refractivity contribution in [2.75, 3.05) is 13.2 Å². The van der Waals surface area contributed by atoms with Crippen LogP contribution in [0.3, 0.4) is 0 Å². The molecule has 0 bridgehead atoms. The number of nitrogens with two attached hydrogens (primary N) is 1. The van der Waals surface area contributed by atoms with Gasteiger partial charge in [0.2, 0.25) is 5.91 Å². The molecule has 1 amide bonds. The van der Waals surface area contributed by atoms with E-state index in [-0.39, 0.29) is 12.5 Å². The van der Waals surface area contributed by atoms with Crippen LogP contribution in [0, 0.1) is 0 Å². The molecule has 0 saturated carbocycles. The number of para-hydroxylation sites is 1. The number of carbonyl (C=O) groups is 1. The molecule has 4 heteroatoms. The SMILES string of the molecule is C=CCOc1ccccc1CNC(=O)CN. The second-order valence-corrected chi connectivity index (χ2v) is 3.19. The first kappa shape index (κ1) is 12.3. The molecule has 1 aromatic carbocycles. The van der Waals surface area contributed by atoms with Gasteiger partial charge in [-0.05, 0) is 6.07 Å². The van der Waals surface area contributed by atoms with Crippen LogP contribution in [0.25, 0.3) is 0 Å². The molecule has 16 heavy (non-hydrogen) atoms. The van der Waals surface area contributed by atoms with Crippen molar-refractivity contribution in [1.82, 2.24) is 5.32 Å². The first-order valence-electron chi connectivity index (χ1n) is 5.06. The largest absolute Gasteiger partial charge is 0.489 e. The second kappa shape index (κ2) is 6.63. The van der Waals surface area contributed by atoms with Gasteiger partial charge in [0, 0.05) is 12.1 Å². The molecular formula is C12H16N2O2. The quantitative estimate of drug-likeness (QED) is 0.698. The molecule has 3 N–H and O–H groups in total. The van der Waals surface area contributed by atoms with E-state index in [4.69, 9.17) is 10.5 Å². The smallest absolute Gasteiger partial charge is 0.234 e. The van der Waals surface area contributed by atoms with Gasteiger partial charge in [-0.3, -0.25) is 4.79 Å². The van der Waals surface area contributed by atoms with E-state index in [2.05, 4.69) is 11.9 Å². The molecule has 0 atom stereocenters. The molecule has 4 nitrogen and oxygen atoms in total. The van der Waals surface area contributed by atoms with Crippen LogP contribution >= 0.6 is 0 Å². The van der Waals surface area contributed by atoms with Crippen molar-refractivity contribution in [3.05, 3.63) is 42.5 Å². The summed E-state index contributed by atoms with van der Waals surface area (Å²) >= 11 is 0. The molecule has 0 saturated heterocycles. The highest BCUT2D eigenvalue weighted by molar-refractivity contribution is 5.77. The van der Waals surface area contributed by atoms with Gasteiger partial charge >= 0.3 is 0 Å². The molecule has 1 rings (SSSR count). The van der Waals surface area contributed by atoms with Gasteiger partial charge < -0.3 is 15.8 Å². The van der Waals surface area contributed by atoms with E-state index in [1.807, 2.05) is 24.3 Å². The lowest BCUT2D eigenvalue weighted by Crippen LogP contribution is -2.29. The predicted molar refractivity (Wildman–Crippen MR) is 63.0 cm³/mol. The maximum absolute atomic E-state index is 11.0. The fraction of sp³-hybridized carbons (Fsp3) is 0.250. The first-order chi connectivity index (χ1) is 7.77. The summed E-state index contributed by atoms with van der Waals surface area (Å²) in [6, 6.07) is 7.53. The summed E-state index contributed by atoms with van der Waals surface area (Å²) in [5, 5.41) is 2.70. The molecule has 0 aliphatic carbocycles. The molecule has 0 aromatic heterocycles. The Labute approximate surface area is 95.1 Å². The maximum atomic E-state index is 11.0. The van der Waals surface area contributed by atoms with Gasteiger partial charge in [0.15, 0.2) is 0 Å². The Morgan fingerprint density at radius 3 is 2.94 bits per heavy atom. The lowest BCUT2D eigenvalue weighted by atomic mass is 10.2. The van der Waals surface area contributed by atoms with Crippen molar-refractivity contribution in [3.8, 4) is 5.75 Å². The Kier molecular flexibility index (Phi) is 5.08. The molecule has 0 unspecified atom stereocenters. The van der Waals surface area contributed by atoms with Gasteiger partial charge in [-0.15, -0.1) is 0 Å². The minimum Gasteiger partial charge on any atom is -0.489 e. The average Bonchev–Trinajstić information content (AvgIpc) is 2.34. The third kappa shape index (κ3) is 3.74. The predicted octanol–water partition coefficient (Wildman–Crippen LogP) is 0.826. The topological polar surface area (TPSA) is 64.3 Å². The fourth-order valence-electron chi connectivity index (χ4n) is 1.21. The van der Waals surface area contributed by atoms with Crippen molar-refractivity contribution in [2.45, 2.75) is 6.54 Å². The average molecular weight is 220 g/mol. The number of ether oxygens (including phenoxy) is 1. The van der Waals surface area contributed by atoms with E-state index < -0.39 is 0 Å². The summed E-state index contributed by atoms with van der Waals surface area (Å²) < 4.78 is 5.45. The molecule has 1 aromatic rings. The minimum atomic E-state index is -0.182. The fourth-order valence-corrected chi connectivity index (χ4v) is 1.21.